The van der Waals surface area contributed by atoms with E-state index in [0.29, 0.717) is 23.0 Å². The summed E-state index contributed by atoms with van der Waals surface area (Å²) in [5.41, 5.74) is 1.23. The lowest BCUT2D eigenvalue weighted by Gasteiger charge is -2.19. The number of rotatable bonds is 29. The van der Waals surface area contributed by atoms with E-state index < -0.39 is 12.1 Å². The van der Waals surface area contributed by atoms with Crippen LogP contribution in [0.5, 0.6) is 0 Å². The number of hydrogen-bond donors (Lipinski definition) is 1. The summed E-state index contributed by atoms with van der Waals surface area (Å²) in [4.78, 5) is 11.5. The van der Waals surface area contributed by atoms with Crippen molar-refractivity contribution < 1.29 is 28.8 Å². The van der Waals surface area contributed by atoms with Crippen molar-refractivity contribution in [2.75, 3.05) is 33.0 Å². The van der Waals surface area contributed by atoms with Crippen molar-refractivity contribution in [3.63, 3.8) is 0 Å². The molecule has 0 spiro atoms. The molecule has 0 aromatic carbocycles. The summed E-state index contributed by atoms with van der Waals surface area (Å²) >= 11 is 0. The Morgan fingerprint density at radius 2 is 1.05 bits per heavy atom. The lowest BCUT2D eigenvalue weighted by atomic mass is 9.89. The molecule has 0 saturated carbocycles. The highest BCUT2D eigenvalue weighted by Gasteiger charge is 2.13. The number of carbonyl (C=O) groups excluding carboxylic acids is 1. The molecule has 1 unspecified atom stereocenters. The summed E-state index contributed by atoms with van der Waals surface area (Å²) in [6, 6.07) is 0. The predicted molar refractivity (Wildman–Crippen MR) is 180 cm³/mol. The van der Waals surface area contributed by atoms with Gasteiger partial charge in [0.1, 0.15) is 12.7 Å². The van der Waals surface area contributed by atoms with E-state index in [9.17, 15) is 9.90 Å². The number of unbranched alkanes of at least 4 members (excludes halogenated alkanes) is 12. The SMILES string of the molecule is C=C(C)C(=O)OCC(O)COCCCC(OCCCCCCCCCC(C)(C)C)OCCCCCCCCCC(C)(C)C. The van der Waals surface area contributed by atoms with Crippen LogP contribution in [0.15, 0.2) is 12.2 Å². The second-order valence-electron chi connectivity index (χ2n) is 15.0. The molecule has 0 aromatic rings. The zero-order valence-electron chi connectivity index (χ0n) is 29.6. The number of esters is 1. The Bertz CT molecular complexity index is 629. The van der Waals surface area contributed by atoms with Gasteiger partial charge in [-0.1, -0.05) is 125 Å². The molecule has 0 aromatic heterocycles. The molecule has 0 heterocycles. The smallest absolute Gasteiger partial charge is 0.333 e. The molecular formula is C37H72O6. The van der Waals surface area contributed by atoms with Crippen molar-refractivity contribution in [1.82, 2.24) is 0 Å². The third-order valence-corrected chi connectivity index (χ3v) is 7.54. The maximum absolute atomic E-state index is 11.5. The van der Waals surface area contributed by atoms with E-state index in [1.165, 1.54) is 89.9 Å². The van der Waals surface area contributed by atoms with Crippen molar-refractivity contribution >= 4 is 5.97 Å². The monoisotopic (exact) mass is 613 g/mol. The van der Waals surface area contributed by atoms with Gasteiger partial charge in [0.15, 0.2) is 6.29 Å². The Kier molecular flexibility index (Phi) is 25.7. The third kappa shape index (κ3) is 32.3. The molecule has 0 aliphatic heterocycles. The van der Waals surface area contributed by atoms with Crippen LogP contribution in [0.4, 0.5) is 0 Å². The van der Waals surface area contributed by atoms with E-state index in [1.807, 2.05) is 0 Å². The van der Waals surface area contributed by atoms with E-state index >= 15 is 0 Å². The summed E-state index contributed by atoms with van der Waals surface area (Å²) in [5, 5.41) is 9.97. The van der Waals surface area contributed by atoms with Gasteiger partial charge in [-0.25, -0.2) is 4.79 Å². The first-order valence-electron chi connectivity index (χ1n) is 17.6. The number of hydrogen-bond acceptors (Lipinski definition) is 6. The minimum Gasteiger partial charge on any atom is -0.460 e. The van der Waals surface area contributed by atoms with Crippen LogP contribution in [-0.4, -0.2) is 56.5 Å². The minimum atomic E-state index is -0.844. The Morgan fingerprint density at radius 3 is 1.47 bits per heavy atom. The van der Waals surface area contributed by atoms with E-state index in [4.69, 9.17) is 18.9 Å². The third-order valence-electron chi connectivity index (χ3n) is 7.54. The Balaban J connectivity index is 4.14. The molecule has 1 atom stereocenters. The topological polar surface area (TPSA) is 74.2 Å². The first-order chi connectivity index (χ1) is 20.3. The van der Waals surface area contributed by atoms with E-state index in [0.717, 1.165) is 38.9 Å². The molecule has 0 rings (SSSR count). The first kappa shape index (κ1) is 42.0. The summed E-state index contributed by atoms with van der Waals surface area (Å²) in [6.07, 6.45) is 20.9. The quantitative estimate of drug-likeness (QED) is 0.0392. The van der Waals surface area contributed by atoms with Gasteiger partial charge in [-0.05, 0) is 49.9 Å². The first-order valence-corrected chi connectivity index (χ1v) is 17.6. The van der Waals surface area contributed by atoms with E-state index in [1.54, 1.807) is 6.92 Å². The fourth-order valence-electron chi connectivity index (χ4n) is 4.84. The van der Waals surface area contributed by atoms with E-state index in [2.05, 4.69) is 48.1 Å². The lowest BCUT2D eigenvalue weighted by Crippen LogP contribution is -2.24. The van der Waals surface area contributed by atoms with Crippen LogP contribution >= 0.6 is 0 Å². The molecule has 0 aliphatic carbocycles. The second kappa shape index (κ2) is 26.3. The Morgan fingerprint density at radius 1 is 0.628 bits per heavy atom. The molecule has 0 fully saturated rings. The molecule has 43 heavy (non-hydrogen) atoms. The van der Waals surface area contributed by atoms with Gasteiger partial charge in [-0.15, -0.1) is 0 Å². The molecule has 1 N–H and O–H groups in total. The number of aliphatic hydroxyl groups excluding tert-OH is 1. The zero-order chi connectivity index (χ0) is 32.4. The van der Waals surface area contributed by atoms with E-state index in [-0.39, 0.29) is 19.5 Å². The lowest BCUT2D eigenvalue weighted by molar-refractivity contribution is -0.150. The van der Waals surface area contributed by atoms with Crippen LogP contribution in [0.25, 0.3) is 0 Å². The zero-order valence-corrected chi connectivity index (χ0v) is 29.6. The molecular weight excluding hydrogens is 540 g/mol. The van der Waals surface area contributed by atoms with Crippen molar-refractivity contribution in [3.8, 4) is 0 Å². The largest absolute Gasteiger partial charge is 0.460 e. The van der Waals surface area contributed by atoms with Crippen LogP contribution in [0.1, 0.15) is 164 Å². The predicted octanol–water partition coefficient (Wildman–Crippen LogP) is 9.96. The summed E-state index contributed by atoms with van der Waals surface area (Å²) in [5.74, 6) is -0.497. The average molecular weight is 613 g/mol. The highest BCUT2D eigenvalue weighted by molar-refractivity contribution is 5.86. The summed E-state index contributed by atoms with van der Waals surface area (Å²) < 4.78 is 22.9. The molecule has 256 valence electrons. The number of aliphatic hydroxyl groups is 1. The van der Waals surface area contributed by atoms with Gasteiger partial charge in [0, 0.05) is 31.8 Å². The molecule has 0 amide bonds. The van der Waals surface area contributed by atoms with Crippen LogP contribution in [0.2, 0.25) is 0 Å². The van der Waals surface area contributed by atoms with Gasteiger partial charge < -0.3 is 24.1 Å². The fourth-order valence-corrected chi connectivity index (χ4v) is 4.84. The van der Waals surface area contributed by atoms with Crippen molar-refractivity contribution in [3.05, 3.63) is 12.2 Å². The minimum absolute atomic E-state index is 0.0889. The van der Waals surface area contributed by atoms with Crippen molar-refractivity contribution in [2.24, 2.45) is 10.8 Å². The van der Waals surface area contributed by atoms with Crippen molar-refractivity contribution in [2.45, 2.75) is 176 Å². The Hall–Kier alpha value is -0.950. The van der Waals surface area contributed by atoms with Crippen molar-refractivity contribution in [1.29, 1.82) is 0 Å². The molecule has 0 aliphatic rings. The van der Waals surface area contributed by atoms with Gasteiger partial charge in [-0.2, -0.15) is 0 Å². The molecule has 0 saturated heterocycles. The maximum atomic E-state index is 11.5. The summed E-state index contributed by atoms with van der Waals surface area (Å²) in [7, 11) is 0. The summed E-state index contributed by atoms with van der Waals surface area (Å²) in [6.45, 7) is 21.1. The van der Waals surface area contributed by atoms with Gasteiger partial charge in [-0.3, -0.25) is 0 Å². The normalized spacial score (nSPS) is 13.0. The van der Waals surface area contributed by atoms with Gasteiger partial charge in [0.25, 0.3) is 0 Å². The van der Waals surface area contributed by atoms with Gasteiger partial charge in [0.2, 0.25) is 0 Å². The standard InChI is InChI=1S/C37H72O6/c1-32(2)35(39)43-31-33(38)30-40-27-23-24-34(41-28-21-17-13-9-11-15-19-25-36(3,4)5)42-29-22-18-14-10-12-16-20-26-37(6,7)8/h33-34,38H,1,9-31H2,2-8H3. The maximum Gasteiger partial charge on any atom is 0.333 e. The second-order valence-corrected chi connectivity index (χ2v) is 15.0. The average Bonchev–Trinajstić information content (AvgIpc) is 2.91. The van der Waals surface area contributed by atoms with Crippen LogP contribution < -0.4 is 0 Å². The highest BCUT2D eigenvalue weighted by Crippen LogP contribution is 2.23. The van der Waals surface area contributed by atoms with Crippen LogP contribution in [-0.2, 0) is 23.7 Å². The van der Waals surface area contributed by atoms with Crippen LogP contribution in [0.3, 0.4) is 0 Å². The van der Waals surface area contributed by atoms with Crippen LogP contribution in [0, 0.1) is 10.8 Å². The molecule has 0 radical (unpaired) electrons. The highest BCUT2D eigenvalue weighted by atomic mass is 16.7. The van der Waals surface area contributed by atoms with Gasteiger partial charge >= 0.3 is 5.97 Å². The van der Waals surface area contributed by atoms with Gasteiger partial charge in [0.05, 0.1) is 6.61 Å². The molecule has 0 bridgehead atoms. The number of carbonyl (C=O) groups is 1. The molecule has 6 heteroatoms. The fraction of sp³-hybridized carbons (Fsp3) is 0.919. The number of ether oxygens (including phenoxy) is 4. The molecule has 6 nitrogen and oxygen atoms in total. The Labute approximate surface area is 267 Å².